The number of hydrogen-bond acceptors (Lipinski definition) is 6. The van der Waals surface area contributed by atoms with Gasteiger partial charge in [-0.3, -0.25) is 9.69 Å². The Morgan fingerprint density at radius 3 is 2.31 bits per heavy atom. The number of aryl methyl sites for hydroxylation is 1. The Balaban J connectivity index is 1.76. The lowest BCUT2D eigenvalue weighted by Gasteiger charge is -2.33. The fourth-order valence-electron chi connectivity index (χ4n) is 4.34. The number of benzene rings is 2. The average Bonchev–Trinajstić information content (AvgIpc) is 2.98. The van der Waals surface area contributed by atoms with Crippen LogP contribution >= 0.6 is 0 Å². The SMILES string of the molecule is CCCOc1ccc(C(C)NC(=O)N(C=O)Cc2cccc(Oc3ccc(C(O)(C(F)(F)F)C(F)(F)F)cc3CCC)c2)cn1. The van der Waals surface area contributed by atoms with E-state index in [9.17, 15) is 41.0 Å². The number of halogens is 6. The number of nitrogens with zero attached hydrogens (tertiary/aromatic N) is 2. The third-order valence-corrected chi connectivity index (χ3v) is 6.74. The van der Waals surface area contributed by atoms with Crippen molar-refractivity contribution in [3.63, 3.8) is 0 Å². The van der Waals surface area contributed by atoms with E-state index in [0.29, 0.717) is 48.6 Å². The molecule has 2 N–H and O–H groups in total. The lowest BCUT2D eigenvalue weighted by molar-refractivity contribution is -0.376. The largest absolute Gasteiger partial charge is 0.478 e. The number of pyridine rings is 1. The minimum Gasteiger partial charge on any atom is -0.478 e. The lowest BCUT2D eigenvalue weighted by Crippen LogP contribution is -2.53. The number of carbonyl (C=O) groups is 2. The van der Waals surface area contributed by atoms with Gasteiger partial charge in [0.1, 0.15) is 11.5 Å². The number of amides is 3. The molecule has 0 aliphatic heterocycles. The second-order valence-electron chi connectivity index (χ2n) is 10.2. The van der Waals surface area contributed by atoms with Crippen LogP contribution in [0.3, 0.4) is 0 Å². The zero-order valence-electron chi connectivity index (χ0n) is 24.7. The number of hydrogen-bond donors (Lipinski definition) is 2. The molecule has 0 fully saturated rings. The minimum absolute atomic E-state index is 0.00894. The maximum Gasteiger partial charge on any atom is 0.430 e. The van der Waals surface area contributed by atoms with Gasteiger partial charge in [0.25, 0.3) is 5.60 Å². The molecule has 3 rings (SSSR count). The summed E-state index contributed by atoms with van der Waals surface area (Å²) in [5, 5.41) is 12.5. The van der Waals surface area contributed by atoms with Gasteiger partial charge in [0.15, 0.2) is 0 Å². The molecule has 2 aromatic carbocycles. The second kappa shape index (κ2) is 14.6. The van der Waals surface area contributed by atoms with Gasteiger partial charge in [-0.1, -0.05) is 44.5 Å². The van der Waals surface area contributed by atoms with Crippen molar-refractivity contribution < 1.29 is 50.5 Å². The fraction of sp³-hybridized carbons (Fsp3) is 0.387. The van der Waals surface area contributed by atoms with Gasteiger partial charge in [-0.2, -0.15) is 26.3 Å². The molecule has 45 heavy (non-hydrogen) atoms. The van der Waals surface area contributed by atoms with Crippen LogP contribution in [0.5, 0.6) is 17.4 Å². The number of ether oxygens (including phenoxy) is 2. The first-order valence-corrected chi connectivity index (χ1v) is 14.0. The summed E-state index contributed by atoms with van der Waals surface area (Å²) in [5.41, 5.74) is -5.33. The minimum atomic E-state index is -6.02. The van der Waals surface area contributed by atoms with Crippen LogP contribution in [0.25, 0.3) is 0 Å². The molecule has 3 aromatic rings. The van der Waals surface area contributed by atoms with E-state index in [4.69, 9.17) is 9.47 Å². The molecule has 1 atom stereocenters. The number of alkyl halides is 6. The van der Waals surface area contributed by atoms with Gasteiger partial charge < -0.3 is 19.9 Å². The van der Waals surface area contributed by atoms with E-state index < -0.39 is 35.6 Å². The number of rotatable bonds is 13. The summed E-state index contributed by atoms with van der Waals surface area (Å²) in [4.78, 5) is 29.7. The maximum absolute atomic E-state index is 13.4. The van der Waals surface area contributed by atoms with E-state index in [1.807, 2.05) is 6.92 Å². The third kappa shape index (κ3) is 8.44. The predicted octanol–water partition coefficient (Wildman–Crippen LogP) is 7.36. The summed E-state index contributed by atoms with van der Waals surface area (Å²) in [6.07, 6.45) is -8.93. The van der Waals surface area contributed by atoms with Crippen molar-refractivity contribution in [2.45, 2.75) is 70.6 Å². The molecule has 1 unspecified atom stereocenters. The van der Waals surface area contributed by atoms with Crippen molar-refractivity contribution in [2.24, 2.45) is 0 Å². The van der Waals surface area contributed by atoms with Crippen LogP contribution in [0.4, 0.5) is 31.1 Å². The number of aromatic nitrogens is 1. The Morgan fingerprint density at radius 2 is 1.73 bits per heavy atom. The Kier molecular flexibility index (Phi) is 11.4. The first-order chi connectivity index (χ1) is 21.1. The fourth-order valence-corrected chi connectivity index (χ4v) is 4.34. The molecule has 0 saturated heterocycles. The summed E-state index contributed by atoms with van der Waals surface area (Å²) in [5.74, 6) is 0.566. The van der Waals surface area contributed by atoms with Crippen LogP contribution in [0.2, 0.25) is 0 Å². The van der Waals surface area contributed by atoms with Gasteiger partial charge in [0.05, 0.1) is 19.2 Å². The van der Waals surface area contributed by atoms with Gasteiger partial charge in [0, 0.05) is 17.8 Å². The smallest absolute Gasteiger partial charge is 0.430 e. The Morgan fingerprint density at radius 1 is 1.02 bits per heavy atom. The van der Waals surface area contributed by atoms with Crippen LogP contribution < -0.4 is 14.8 Å². The normalized spacial score (nSPS) is 12.8. The van der Waals surface area contributed by atoms with Gasteiger partial charge in [-0.25, -0.2) is 9.78 Å². The zero-order chi connectivity index (χ0) is 33.4. The molecular weight excluding hydrogens is 608 g/mol. The van der Waals surface area contributed by atoms with E-state index in [0.717, 1.165) is 17.4 Å². The van der Waals surface area contributed by atoms with Gasteiger partial charge in [-0.05, 0) is 60.7 Å². The molecule has 0 radical (unpaired) electrons. The molecule has 8 nitrogen and oxygen atoms in total. The summed E-state index contributed by atoms with van der Waals surface area (Å²) in [6, 6.07) is 10.4. The topological polar surface area (TPSA) is 101 Å². The Hall–Kier alpha value is -4.33. The highest BCUT2D eigenvalue weighted by atomic mass is 19.4. The van der Waals surface area contributed by atoms with Crippen molar-refractivity contribution in [1.29, 1.82) is 0 Å². The van der Waals surface area contributed by atoms with E-state index in [1.165, 1.54) is 12.1 Å². The van der Waals surface area contributed by atoms with Crippen molar-refractivity contribution in [3.05, 3.63) is 83.0 Å². The quantitative estimate of drug-likeness (QED) is 0.150. The van der Waals surface area contributed by atoms with Crippen LogP contribution in [0.15, 0.2) is 60.8 Å². The Bertz CT molecular complexity index is 1430. The van der Waals surface area contributed by atoms with Gasteiger partial charge >= 0.3 is 18.4 Å². The van der Waals surface area contributed by atoms with Gasteiger partial charge in [0.2, 0.25) is 12.3 Å². The lowest BCUT2D eigenvalue weighted by atomic mass is 9.90. The Labute approximate surface area is 256 Å². The van der Waals surface area contributed by atoms with Crippen molar-refractivity contribution in [2.75, 3.05) is 6.61 Å². The summed E-state index contributed by atoms with van der Waals surface area (Å²) >= 11 is 0. The predicted molar refractivity (Wildman–Crippen MR) is 152 cm³/mol. The first kappa shape index (κ1) is 35.2. The molecule has 0 aliphatic carbocycles. The number of imide groups is 1. The number of urea groups is 1. The standard InChI is InChI=1S/C31H33F6N3O5/c1-4-7-22-16-24(29(43,30(32,33)34)31(35,36)37)11-12-26(22)45-25-9-6-8-21(15-25)18-40(19-41)28(42)39-20(3)23-10-13-27(38-17-23)44-14-5-2/h6,8-13,15-17,19-20,43H,4-5,7,14,18H2,1-3H3,(H,39,42). The molecule has 1 aromatic heterocycles. The van der Waals surface area contributed by atoms with Crippen LogP contribution in [-0.4, -0.2) is 46.4 Å². The highest BCUT2D eigenvalue weighted by Crippen LogP contribution is 2.50. The third-order valence-electron chi connectivity index (χ3n) is 6.74. The van der Waals surface area contributed by atoms with Crippen molar-refractivity contribution in [1.82, 2.24) is 15.2 Å². The molecule has 0 spiro atoms. The summed E-state index contributed by atoms with van der Waals surface area (Å²) < 4.78 is 91.8. The molecule has 0 aliphatic rings. The van der Waals surface area contributed by atoms with Crippen molar-refractivity contribution >= 4 is 12.4 Å². The molecule has 3 amide bonds. The second-order valence-corrected chi connectivity index (χ2v) is 10.2. The highest BCUT2D eigenvalue weighted by Gasteiger charge is 2.71. The van der Waals surface area contributed by atoms with Crippen LogP contribution in [0, 0.1) is 0 Å². The zero-order valence-corrected chi connectivity index (χ0v) is 24.7. The van der Waals surface area contributed by atoms with E-state index in [2.05, 4.69) is 10.3 Å². The molecule has 0 bridgehead atoms. The molecule has 0 saturated carbocycles. The van der Waals surface area contributed by atoms with Crippen molar-refractivity contribution in [3.8, 4) is 17.4 Å². The first-order valence-electron chi connectivity index (χ1n) is 14.0. The molecule has 244 valence electrons. The molecular formula is C31H33F6N3O5. The van der Waals surface area contributed by atoms with E-state index in [-0.39, 0.29) is 30.0 Å². The maximum atomic E-state index is 13.4. The van der Waals surface area contributed by atoms with Crippen LogP contribution in [0.1, 0.15) is 61.9 Å². The number of carbonyl (C=O) groups excluding carboxylic acids is 2. The van der Waals surface area contributed by atoms with E-state index >= 15 is 0 Å². The monoisotopic (exact) mass is 641 g/mol. The van der Waals surface area contributed by atoms with Crippen LogP contribution in [-0.2, 0) is 23.4 Å². The molecule has 14 heteroatoms. The summed E-state index contributed by atoms with van der Waals surface area (Å²) in [6.45, 7) is 5.68. The highest BCUT2D eigenvalue weighted by molar-refractivity contribution is 5.84. The number of nitrogens with one attached hydrogen (secondary N) is 1. The molecule has 1 heterocycles. The number of aliphatic hydroxyl groups is 1. The van der Waals surface area contributed by atoms with Gasteiger partial charge in [-0.15, -0.1) is 0 Å². The average molecular weight is 642 g/mol. The summed E-state index contributed by atoms with van der Waals surface area (Å²) in [7, 11) is 0. The van der Waals surface area contributed by atoms with E-state index in [1.54, 1.807) is 44.3 Å².